The summed E-state index contributed by atoms with van der Waals surface area (Å²) in [5, 5.41) is 18.6. The Morgan fingerprint density at radius 2 is 2.00 bits per heavy atom. The van der Waals surface area contributed by atoms with Gasteiger partial charge in [-0.2, -0.15) is 0 Å². The van der Waals surface area contributed by atoms with Crippen molar-refractivity contribution in [3.8, 4) is 11.6 Å². The van der Waals surface area contributed by atoms with Gasteiger partial charge >= 0.3 is 5.91 Å². The molecule has 140 valence electrons. The number of fused-ring (bicyclic) bond motifs is 1. The van der Waals surface area contributed by atoms with E-state index in [0.29, 0.717) is 23.1 Å². The summed E-state index contributed by atoms with van der Waals surface area (Å²) in [5.41, 5.74) is 0.873. The quantitative estimate of drug-likeness (QED) is 0.396. The Morgan fingerprint density at radius 3 is 2.70 bits per heavy atom. The molecule has 0 saturated heterocycles. The highest BCUT2D eigenvalue weighted by Gasteiger charge is 2.20. The summed E-state index contributed by atoms with van der Waals surface area (Å²) in [5.74, 6) is -0.0535. The third-order valence-electron chi connectivity index (χ3n) is 3.87. The van der Waals surface area contributed by atoms with Gasteiger partial charge in [0.05, 0.1) is 5.52 Å². The summed E-state index contributed by atoms with van der Waals surface area (Å²) in [7, 11) is 0. The maximum absolute atomic E-state index is 12.5. The number of carbonyl (C=O) groups is 1. The van der Waals surface area contributed by atoms with Gasteiger partial charge < -0.3 is 14.8 Å². The largest absolute Gasteiger partial charge is 0.493 e. The molecule has 2 aromatic carbocycles. The van der Waals surface area contributed by atoms with Gasteiger partial charge in [-0.05, 0) is 46.6 Å². The van der Waals surface area contributed by atoms with Crippen LogP contribution in [0.4, 0.5) is 5.69 Å². The number of nitrogens with zero attached hydrogens (tertiary/aromatic N) is 2. The monoisotopic (exact) mass is 493 g/mol. The van der Waals surface area contributed by atoms with Crippen LogP contribution in [0, 0.1) is 0 Å². The molecular weight excluding hydrogens is 478 g/mol. The van der Waals surface area contributed by atoms with Crippen LogP contribution >= 0.6 is 31.9 Å². The van der Waals surface area contributed by atoms with Crippen molar-refractivity contribution in [3.63, 3.8) is 0 Å². The van der Waals surface area contributed by atoms with Crippen LogP contribution in [0.3, 0.4) is 0 Å². The summed E-state index contributed by atoms with van der Waals surface area (Å²) in [4.78, 5) is 15.4. The van der Waals surface area contributed by atoms with E-state index in [1.807, 2.05) is 31.2 Å². The zero-order valence-electron chi connectivity index (χ0n) is 14.4. The van der Waals surface area contributed by atoms with Crippen molar-refractivity contribution >= 4 is 54.4 Å². The van der Waals surface area contributed by atoms with E-state index in [1.54, 1.807) is 18.2 Å². The maximum atomic E-state index is 12.5. The van der Waals surface area contributed by atoms with Gasteiger partial charge in [-0.3, -0.25) is 4.79 Å². The van der Waals surface area contributed by atoms with Crippen molar-refractivity contribution in [2.75, 3.05) is 0 Å². The van der Waals surface area contributed by atoms with E-state index in [9.17, 15) is 9.90 Å². The van der Waals surface area contributed by atoms with Crippen molar-refractivity contribution in [2.24, 2.45) is 10.2 Å². The van der Waals surface area contributed by atoms with Crippen molar-refractivity contribution in [3.05, 3.63) is 51.4 Å². The number of carbonyl (C=O) groups excluding carboxylic acids is 1. The number of amides is 1. The van der Waals surface area contributed by atoms with Crippen molar-refractivity contribution in [1.29, 1.82) is 0 Å². The Bertz CT molecular complexity index is 987. The van der Waals surface area contributed by atoms with Gasteiger partial charge in [0.15, 0.2) is 11.8 Å². The molecule has 0 aliphatic carbocycles. The number of ether oxygens (including phenoxy) is 1. The van der Waals surface area contributed by atoms with Crippen LogP contribution in [0.1, 0.15) is 19.8 Å². The van der Waals surface area contributed by atoms with Crippen LogP contribution in [0.2, 0.25) is 0 Å². The number of halogens is 2. The van der Waals surface area contributed by atoms with Gasteiger partial charge in [-0.1, -0.05) is 47.5 Å². The van der Waals surface area contributed by atoms with Gasteiger partial charge in [-0.25, -0.2) is 0 Å². The van der Waals surface area contributed by atoms with Gasteiger partial charge in [0.1, 0.15) is 5.75 Å². The summed E-state index contributed by atoms with van der Waals surface area (Å²) in [6, 6.07) is 12.8. The molecule has 0 radical (unpaired) electrons. The van der Waals surface area contributed by atoms with Crippen LogP contribution in [0.5, 0.6) is 11.6 Å². The molecule has 3 rings (SSSR count). The fourth-order valence-electron chi connectivity index (χ4n) is 2.62. The van der Waals surface area contributed by atoms with Crippen LogP contribution < -0.4 is 4.74 Å². The molecule has 1 atom stereocenters. The lowest BCUT2D eigenvalue weighted by atomic mass is 10.2. The highest BCUT2D eigenvalue weighted by atomic mass is 79.9. The lowest BCUT2D eigenvalue weighted by Crippen LogP contribution is -2.25. The number of aromatic nitrogens is 1. The number of aromatic hydroxyl groups is 1. The van der Waals surface area contributed by atoms with Crippen molar-refractivity contribution < 1.29 is 14.6 Å². The summed E-state index contributed by atoms with van der Waals surface area (Å²) >= 11 is 6.83. The first-order chi connectivity index (χ1) is 13.0. The number of azo groups is 1. The molecule has 1 heterocycles. The molecule has 1 amide bonds. The predicted molar refractivity (Wildman–Crippen MR) is 111 cm³/mol. The van der Waals surface area contributed by atoms with E-state index >= 15 is 0 Å². The second kappa shape index (κ2) is 8.67. The second-order valence-electron chi connectivity index (χ2n) is 5.88. The Balaban J connectivity index is 1.86. The summed E-state index contributed by atoms with van der Waals surface area (Å²) in [6.07, 6.45) is 0.549. The Morgan fingerprint density at radius 1 is 1.26 bits per heavy atom. The van der Waals surface area contributed by atoms with Crippen molar-refractivity contribution in [2.45, 2.75) is 25.9 Å². The normalized spacial score (nSPS) is 12.6. The number of H-pyrrole nitrogens is 1. The summed E-state index contributed by atoms with van der Waals surface area (Å²) < 4.78 is 7.32. The molecule has 6 nitrogen and oxygen atoms in total. The molecule has 2 N–H and O–H groups in total. The fourth-order valence-corrected chi connectivity index (χ4v) is 3.94. The van der Waals surface area contributed by atoms with Gasteiger partial charge in [0.25, 0.3) is 0 Å². The lowest BCUT2D eigenvalue weighted by molar-refractivity contribution is -0.125. The minimum atomic E-state index is -0.730. The first-order valence-electron chi connectivity index (χ1n) is 8.36. The fraction of sp³-hybridized carbons (Fsp3) is 0.211. The molecule has 0 fully saturated rings. The average Bonchev–Trinajstić information content (AvgIpc) is 2.96. The topological polar surface area (TPSA) is 87.0 Å². The van der Waals surface area contributed by atoms with E-state index in [2.05, 4.69) is 47.1 Å². The number of nitrogens with one attached hydrogen (secondary N) is 1. The number of benzene rings is 2. The van der Waals surface area contributed by atoms with E-state index in [1.165, 1.54) is 0 Å². The molecule has 0 unspecified atom stereocenters. The van der Waals surface area contributed by atoms with Gasteiger partial charge in [0.2, 0.25) is 5.88 Å². The first kappa shape index (κ1) is 19.6. The van der Waals surface area contributed by atoms with Crippen LogP contribution in [0.15, 0.2) is 61.6 Å². The summed E-state index contributed by atoms with van der Waals surface area (Å²) in [6.45, 7) is 1.96. The highest BCUT2D eigenvalue weighted by Crippen LogP contribution is 2.40. The number of hydrogen-bond acceptors (Lipinski definition) is 4. The van der Waals surface area contributed by atoms with E-state index in [4.69, 9.17) is 4.74 Å². The number of aromatic amines is 1. The maximum Gasteiger partial charge on any atom is 0.305 e. The molecule has 1 aromatic heterocycles. The minimum absolute atomic E-state index is 0.156. The highest BCUT2D eigenvalue weighted by molar-refractivity contribution is 9.11. The van der Waals surface area contributed by atoms with Gasteiger partial charge in [-0.15, -0.1) is 10.2 Å². The predicted octanol–water partition coefficient (Wildman–Crippen LogP) is 6.26. The van der Waals surface area contributed by atoms with E-state index in [-0.39, 0.29) is 11.6 Å². The second-order valence-corrected chi connectivity index (χ2v) is 7.65. The van der Waals surface area contributed by atoms with E-state index in [0.717, 1.165) is 15.4 Å². The van der Waals surface area contributed by atoms with Crippen molar-refractivity contribution in [1.82, 2.24) is 4.98 Å². The molecule has 3 aromatic rings. The third-order valence-corrected chi connectivity index (χ3v) is 4.96. The minimum Gasteiger partial charge on any atom is -0.493 e. The van der Waals surface area contributed by atoms with E-state index < -0.39 is 12.0 Å². The van der Waals surface area contributed by atoms with Crippen LogP contribution in [-0.2, 0) is 4.79 Å². The molecule has 27 heavy (non-hydrogen) atoms. The standard InChI is InChI=1S/C19H17Br2N3O3/c1-2-6-15(27-12-7-4-3-5-8-12)18(25)24-23-17-13-9-11(20)10-14(21)16(13)22-19(17)26/h3-5,7-10,15,22,26H,2,6H2,1H3/t15-/m1/s1. The van der Waals surface area contributed by atoms with Gasteiger partial charge in [0, 0.05) is 14.3 Å². The molecular formula is C19H17Br2N3O3. The third kappa shape index (κ3) is 4.56. The Kier molecular flexibility index (Phi) is 6.28. The molecule has 0 aliphatic rings. The molecule has 0 aliphatic heterocycles. The Labute approximate surface area is 172 Å². The zero-order chi connectivity index (χ0) is 19.4. The molecule has 0 spiro atoms. The SMILES string of the molecule is CCC[C@@H](Oc1ccccc1)C(=O)N=Nc1c(O)[nH]c2c(Br)cc(Br)cc12. The van der Waals surface area contributed by atoms with Crippen LogP contribution in [-0.4, -0.2) is 22.1 Å². The lowest BCUT2D eigenvalue weighted by Gasteiger charge is -2.14. The Hall–Kier alpha value is -2.19. The number of hydrogen-bond donors (Lipinski definition) is 2. The van der Waals surface area contributed by atoms with Crippen LogP contribution in [0.25, 0.3) is 10.9 Å². The zero-order valence-corrected chi connectivity index (χ0v) is 17.6. The smallest absolute Gasteiger partial charge is 0.305 e. The molecule has 0 saturated carbocycles. The number of rotatable bonds is 6. The average molecular weight is 495 g/mol. The number of para-hydroxylation sites is 1. The molecule has 0 bridgehead atoms. The first-order valence-corrected chi connectivity index (χ1v) is 9.95. The molecule has 8 heteroatoms.